The first-order valence-electron chi connectivity index (χ1n) is 11.6. The molecule has 0 aliphatic carbocycles. The van der Waals surface area contributed by atoms with Crippen LogP contribution in [0.4, 0.5) is 0 Å². The Bertz CT molecular complexity index is 1350. The maximum Gasteiger partial charge on any atom is 0.266 e. The van der Waals surface area contributed by atoms with Gasteiger partial charge in [-0.3, -0.25) is 14.2 Å². The van der Waals surface area contributed by atoms with Crippen LogP contribution in [0.25, 0.3) is 16.6 Å². The van der Waals surface area contributed by atoms with Crippen LogP contribution in [-0.2, 0) is 0 Å². The van der Waals surface area contributed by atoms with E-state index in [4.69, 9.17) is 9.72 Å². The molecule has 4 rings (SSSR count). The second kappa shape index (κ2) is 10.3. The predicted octanol–water partition coefficient (Wildman–Crippen LogP) is 5.40. The van der Waals surface area contributed by atoms with Crippen molar-refractivity contribution in [3.05, 3.63) is 101 Å². The zero-order valence-electron chi connectivity index (χ0n) is 19.8. The van der Waals surface area contributed by atoms with Crippen molar-refractivity contribution in [2.24, 2.45) is 0 Å². The first-order valence-corrected chi connectivity index (χ1v) is 11.6. The highest BCUT2D eigenvalue weighted by Gasteiger charge is 2.28. The van der Waals surface area contributed by atoms with Gasteiger partial charge in [-0.15, -0.1) is 0 Å². The number of carbonyl (C=O) groups excluding carboxylic acids is 1. The number of fused-ring (bicyclic) bond motifs is 1. The number of nitrogens with zero attached hydrogens (tertiary/aromatic N) is 3. The van der Waals surface area contributed by atoms with Crippen LogP contribution < -0.4 is 10.3 Å². The number of ether oxygens (including phenoxy) is 1. The number of unbranched alkanes of at least 4 members (excludes halogenated alkanes) is 1. The fourth-order valence-corrected chi connectivity index (χ4v) is 4.16. The maximum atomic E-state index is 13.8. The minimum absolute atomic E-state index is 0.0875. The molecule has 1 atom stereocenters. The summed E-state index contributed by atoms with van der Waals surface area (Å²) in [6, 6.07) is 23.4. The Morgan fingerprint density at radius 3 is 2.41 bits per heavy atom. The number of carbonyl (C=O) groups is 1. The molecule has 0 aliphatic rings. The Hall–Kier alpha value is -3.93. The van der Waals surface area contributed by atoms with E-state index in [1.165, 1.54) is 0 Å². The van der Waals surface area contributed by atoms with Crippen molar-refractivity contribution in [1.82, 2.24) is 14.5 Å². The Kier molecular flexibility index (Phi) is 7.07. The Morgan fingerprint density at radius 2 is 1.68 bits per heavy atom. The molecule has 1 unspecified atom stereocenters. The SMILES string of the molecule is CCCCN(C(=O)c1ccccc1)C(C)c1nc2ccccc2c(=O)n1-c1ccccc1OC. The fraction of sp³-hybridized carbons (Fsp3) is 0.250. The first kappa shape index (κ1) is 23.2. The first-order chi connectivity index (χ1) is 16.6. The normalized spacial score (nSPS) is 11.9. The largest absolute Gasteiger partial charge is 0.495 e. The number of amides is 1. The molecule has 6 heteroatoms. The van der Waals surface area contributed by atoms with Gasteiger partial charge in [0.2, 0.25) is 0 Å². The lowest BCUT2D eigenvalue weighted by Crippen LogP contribution is -2.38. The van der Waals surface area contributed by atoms with Gasteiger partial charge in [-0.25, -0.2) is 4.98 Å². The highest BCUT2D eigenvalue weighted by Crippen LogP contribution is 2.28. The van der Waals surface area contributed by atoms with Gasteiger partial charge in [0.1, 0.15) is 11.6 Å². The zero-order valence-corrected chi connectivity index (χ0v) is 19.8. The van der Waals surface area contributed by atoms with Crippen LogP contribution in [0, 0.1) is 0 Å². The smallest absolute Gasteiger partial charge is 0.266 e. The lowest BCUT2D eigenvalue weighted by molar-refractivity contribution is 0.0678. The minimum Gasteiger partial charge on any atom is -0.495 e. The number of hydrogen-bond acceptors (Lipinski definition) is 4. The van der Waals surface area contributed by atoms with Crippen LogP contribution in [0.5, 0.6) is 5.75 Å². The van der Waals surface area contributed by atoms with E-state index in [1.54, 1.807) is 22.6 Å². The van der Waals surface area contributed by atoms with Crippen LogP contribution in [0.2, 0.25) is 0 Å². The van der Waals surface area contributed by atoms with Crippen molar-refractivity contribution in [2.45, 2.75) is 32.7 Å². The second-order valence-corrected chi connectivity index (χ2v) is 8.19. The Morgan fingerprint density at radius 1 is 1.00 bits per heavy atom. The van der Waals surface area contributed by atoms with Gasteiger partial charge >= 0.3 is 0 Å². The summed E-state index contributed by atoms with van der Waals surface area (Å²) in [6.45, 7) is 4.58. The third-order valence-electron chi connectivity index (χ3n) is 6.00. The van der Waals surface area contributed by atoms with Crippen molar-refractivity contribution in [2.75, 3.05) is 13.7 Å². The van der Waals surface area contributed by atoms with Gasteiger partial charge in [-0.2, -0.15) is 0 Å². The number of aromatic nitrogens is 2. The molecule has 0 spiro atoms. The van der Waals surface area contributed by atoms with Crippen molar-refractivity contribution >= 4 is 16.8 Å². The van der Waals surface area contributed by atoms with Crippen LogP contribution >= 0.6 is 0 Å². The summed E-state index contributed by atoms with van der Waals surface area (Å²) < 4.78 is 7.16. The molecule has 1 heterocycles. The lowest BCUT2D eigenvalue weighted by atomic mass is 10.1. The summed E-state index contributed by atoms with van der Waals surface area (Å²) in [5.41, 5.74) is 1.61. The van der Waals surface area contributed by atoms with Crippen LogP contribution in [0.3, 0.4) is 0 Å². The molecule has 0 fully saturated rings. The quantitative estimate of drug-likeness (QED) is 0.357. The van der Waals surface area contributed by atoms with Crippen molar-refractivity contribution in [3.63, 3.8) is 0 Å². The Labute approximate surface area is 199 Å². The van der Waals surface area contributed by atoms with Gasteiger partial charge in [0.25, 0.3) is 11.5 Å². The van der Waals surface area contributed by atoms with E-state index in [1.807, 2.05) is 79.7 Å². The van der Waals surface area contributed by atoms with Gasteiger partial charge in [0.15, 0.2) is 0 Å². The average Bonchev–Trinajstić information content (AvgIpc) is 2.89. The van der Waals surface area contributed by atoms with E-state index < -0.39 is 6.04 Å². The van der Waals surface area contributed by atoms with Crippen molar-refractivity contribution < 1.29 is 9.53 Å². The molecule has 0 radical (unpaired) electrons. The molecule has 174 valence electrons. The van der Waals surface area contributed by atoms with Gasteiger partial charge in [-0.05, 0) is 49.7 Å². The molecule has 0 aliphatic heterocycles. The topological polar surface area (TPSA) is 64.4 Å². The third-order valence-corrected chi connectivity index (χ3v) is 6.00. The van der Waals surface area contributed by atoms with E-state index in [-0.39, 0.29) is 11.5 Å². The minimum atomic E-state index is -0.457. The second-order valence-electron chi connectivity index (χ2n) is 8.19. The number of benzene rings is 3. The monoisotopic (exact) mass is 455 g/mol. The summed E-state index contributed by atoms with van der Waals surface area (Å²) >= 11 is 0. The summed E-state index contributed by atoms with van der Waals surface area (Å²) in [4.78, 5) is 34.0. The number of rotatable bonds is 8. The fourth-order valence-electron chi connectivity index (χ4n) is 4.16. The number of methoxy groups -OCH3 is 1. The standard InChI is InChI=1S/C28H29N3O3/c1-4-5-19-30(27(32)21-13-7-6-8-14-21)20(2)26-29-23-16-10-9-15-22(23)28(33)31(26)24-17-11-12-18-25(24)34-3/h6-18,20H,4-5,19H2,1-3H3. The molecule has 1 aromatic heterocycles. The van der Waals surface area contributed by atoms with Crippen LogP contribution in [0.15, 0.2) is 83.7 Å². The van der Waals surface area contributed by atoms with Crippen LogP contribution in [0.1, 0.15) is 48.9 Å². The Balaban J connectivity index is 1.94. The molecule has 0 saturated heterocycles. The summed E-state index contributed by atoms with van der Waals surface area (Å²) in [5.74, 6) is 0.966. The van der Waals surface area contributed by atoms with Gasteiger partial charge in [0.05, 0.1) is 29.7 Å². The molecule has 4 aromatic rings. The summed E-state index contributed by atoms with van der Waals surface area (Å²) in [5, 5.41) is 0.513. The third kappa shape index (κ3) is 4.44. The van der Waals surface area contributed by atoms with Gasteiger partial charge < -0.3 is 9.64 Å². The van der Waals surface area contributed by atoms with Gasteiger partial charge in [0, 0.05) is 12.1 Å². The molecule has 1 amide bonds. The van der Waals surface area contributed by atoms with E-state index >= 15 is 0 Å². The summed E-state index contributed by atoms with van der Waals surface area (Å²) in [6.07, 6.45) is 1.78. The molecular formula is C28H29N3O3. The molecule has 34 heavy (non-hydrogen) atoms. The molecule has 0 saturated carbocycles. The van der Waals surface area contributed by atoms with E-state index in [2.05, 4.69) is 6.92 Å². The van der Waals surface area contributed by atoms with E-state index in [0.717, 1.165) is 12.8 Å². The lowest BCUT2D eigenvalue weighted by Gasteiger charge is -2.31. The zero-order chi connectivity index (χ0) is 24.1. The highest BCUT2D eigenvalue weighted by atomic mass is 16.5. The van der Waals surface area contributed by atoms with Crippen LogP contribution in [-0.4, -0.2) is 34.0 Å². The van der Waals surface area contributed by atoms with Crippen molar-refractivity contribution in [3.8, 4) is 11.4 Å². The average molecular weight is 456 g/mol. The summed E-state index contributed by atoms with van der Waals surface area (Å²) in [7, 11) is 1.58. The van der Waals surface area contributed by atoms with Gasteiger partial charge in [-0.1, -0.05) is 55.8 Å². The molecule has 6 nitrogen and oxygen atoms in total. The van der Waals surface area contributed by atoms with E-state index in [0.29, 0.717) is 40.3 Å². The number of para-hydroxylation sites is 3. The maximum absolute atomic E-state index is 13.8. The van der Waals surface area contributed by atoms with Crippen molar-refractivity contribution in [1.29, 1.82) is 0 Å². The number of hydrogen-bond donors (Lipinski definition) is 0. The molecular weight excluding hydrogens is 426 g/mol. The molecule has 0 N–H and O–H groups in total. The van der Waals surface area contributed by atoms with E-state index in [9.17, 15) is 9.59 Å². The highest BCUT2D eigenvalue weighted by molar-refractivity contribution is 5.94. The molecule has 3 aromatic carbocycles. The predicted molar refractivity (Wildman–Crippen MR) is 135 cm³/mol. The molecule has 0 bridgehead atoms.